The van der Waals surface area contributed by atoms with E-state index in [-0.39, 0.29) is 0 Å². The van der Waals surface area contributed by atoms with E-state index in [0.717, 1.165) is 19.1 Å². The van der Waals surface area contributed by atoms with Crippen LogP contribution in [0.25, 0.3) is 0 Å². The second kappa shape index (κ2) is 4.91. The van der Waals surface area contributed by atoms with Crippen molar-refractivity contribution < 1.29 is 0 Å². The molecule has 1 atom stereocenters. The zero-order valence-corrected chi connectivity index (χ0v) is 9.44. The molecule has 2 rings (SSSR count). The second-order valence-electron chi connectivity index (χ2n) is 4.05. The summed E-state index contributed by atoms with van der Waals surface area (Å²) >= 11 is 1.82. The highest BCUT2D eigenvalue weighted by atomic mass is 32.1. The van der Waals surface area contributed by atoms with Gasteiger partial charge in [0, 0.05) is 30.1 Å². The van der Waals surface area contributed by atoms with Gasteiger partial charge in [0.25, 0.3) is 0 Å². The number of rotatable bonds is 6. The molecule has 1 unspecified atom stereocenters. The van der Waals surface area contributed by atoms with E-state index >= 15 is 0 Å². The van der Waals surface area contributed by atoms with Crippen molar-refractivity contribution in [2.45, 2.75) is 38.4 Å². The van der Waals surface area contributed by atoms with E-state index in [1.54, 1.807) is 0 Å². The van der Waals surface area contributed by atoms with Crippen molar-refractivity contribution in [2.75, 3.05) is 6.54 Å². The van der Waals surface area contributed by atoms with Crippen LogP contribution in [-0.4, -0.2) is 18.6 Å². The Morgan fingerprint density at radius 3 is 3.07 bits per heavy atom. The Morgan fingerprint density at radius 1 is 1.57 bits per heavy atom. The Kier molecular flexibility index (Phi) is 3.56. The minimum Gasteiger partial charge on any atom is -0.310 e. The van der Waals surface area contributed by atoms with Crippen LogP contribution in [0.3, 0.4) is 0 Å². The van der Waals surface area contributed by atoms with Gasteiger partial charge in [-0.05, 0) is 31.2 Å². The summed E-state index contributed by atoms with van der Waals surface area (Å²) in [7, 11) is 0. The van der Waals surface area contributed by atoms with Crippen LogP contribution in [0.15, 0.2) is 17.5 Å². The van der Waals surface area contributed by atoms with E-state index < -0.39 is 0 Å². The maximum Gasteiger partial charge on any atom is 0.0300 e. The molecule has 0 bridgehead atoms. The molecule has 0 saturated heterocycles. The highest BCUT2D eigenvalue weighted by Gasteiger charge is 2.22. The molecule has 1 fully saturated rings. The fraction of sp³-hybridized carbons (Fsp3) is 0.636. The average molecular weight is 210 g/mol. The summed E-state index contributed by atoms with van der Waals surface area (Å²) < 4.78 is 0. The van der Waals surface area contributed by atoms with Gasteiger partial charge in [-0.1, -0.05) is 6.07 Å². The molecule has 1 saturated carbocycles. The van der Waals surface area contributed by atoms with Gasteiger partial charge in [-0.25, -0.2) is 0 Å². The van der Waals surface area contributed by atoms with Crippen LogP contribution in [0, 0.1) is 0 Å². The van der Waals surface area contributed by atoms with Crippen LogP contribution in [0.1, 0.15) is 24.6 Å². The molecule has 0 aromatic carbocycles. The van der Waals surface area contributed by atoms with Crippen LogP contribution in [0.5, 0.6) is 0 Å². The maximum atomic E-state index is 3.57. The van der Waals surface area contributed by atoms with Gasteiger partial charge in [0.1, 0.15) is 0 Å². The van der Waals surface area contributed by atoms with Crippen LogP contribution in [0.4, 0.5) is 0 Å². The minimum atomic E-state index is 0.600. The summed E-state index contributed by atoms with van der Waals surface area (Å²) in [5.74, 6) is 0. The summed E-state index contributed by atoms with van der Waals surface area (Å²) in [4.78, 5) is 1.42. The molecule has 0 spiro atoms. The van der Waals surface area contributed by atoms with Crippen molar-refractivity contribution >= 4 is 11.3 Å². The van der Waals surface area contributed by atoms with E-state index in [1.807, 2.05) is 11.3 Å². The Labute approximate surface area is 89.7 Å². The van der Waals surface area contributed by atoms with Gasteiger partial charge in [0.2, 0.25) is 0 Å². The van der Waals surface area contributed by atoms with Gasteiger partial charge >= 0.3 is 0 Å². The fourth-order valence-electron chi connectivity index (χ4n) is 1.54. The Morgan fingerprint density at radius 2 is 2.43 bits per heavy atom. The van der Waals surface area contributed by atoms with Gasteiger partial charge in [0.15, 0.2) is 0 Å². The SMILES string of the molecule is CC(CNCc1cccs1)NC1CC1. The van der Waals surface area contributed by atoms with Crippen LogP contribution < -0.4 is 10.6 Å². The Hall–Kier alpha value is -0.380. The Bertz CT molecular complexity index is 254. The molecule has 0 amide bonds. The minimum absolute atomic E-state index is 0.600. The van der Waals surface area contributed by atoms with Crippen LogP contribution >= 0.6 is 11.3 Å². The predicted octanol–water partition coefficient (Wildman–Crippen LogP) is 1.98. The Balaban J connectivity index is 1.57. The van der Waals surface area contributed by atoms with Gasteiger partial charge in [0.05, 0.1) is 0 Å². The van der Waals surface area contributed by atoms with Crippen LogP contribution in [0.2, 0.25) is 0 Å². The lowest BCUT2D eigenvalue weighted by atomic mass is 10.3. The van der Waals surface area contributed by atoms with Crippen molar-refractivity contribution in [3.05, 3.63) is 22.4 Å². The summed E-state index contributed by atoms with van der Waals surface area (Å²) in [6.45, 7) is 4.32. The maximum absolute atomic E-state index is 3.57. The fourth-order valence-corrected chi connectivity index (χ4v) is 2.21. The molecule has 1 aliphatic carbocycles. The first-order chi connectivity index (χ1) is 6.84. The lowest BCUT2D eigenvalue weighted by Crippen LogP contribution is -2.37. The van der Waals surface area contributed by atoms with E-state index in [1.165, 1.54) is 17.7 Å². The molecule has 1 aromatic heterocycles. The van der Waals surface area contributed by atoms with Crippen molar-refractivity contribution in [3.8, 4) is 0 Å². The summed E-state index contributed by atoms with van der Waals surface area (Å²) in [6.07, 6.45) is 2.74. The van der Waals surface area contributed by atoms with Crippen LogP contribution in [-0.2, 0) is 6.54 Å². The first-order valence-electron chi connectivity index (χ1n) is 5.34. The first-order valence-corrected chi connectivity index (χ1v) is 6.21. The van der Waals surface area contributed by atoms with E-state index in [2.05, 4.69) is 35.1 Å². The molecule has 78 valence electrons. The molecule has 2 N–H and O–H groups in total. The van der Waals surface area contributed by atoms with Gasteiger partial charge < -0.3 is 10.6 Å². The molecule has 0 aliphatic heterocycles. The summed E-state index contributed by atoms with van der Waals surface area (Å²) in [5.41, 5.74) is 0. The molecule has 0 radical (unpaired) electrons. The lowest BCUT2D eigenvalue weighted by Gasteiger charge is -2.13. The van der Waals surface area contributed by atoms with Crippen molar-refractivity contribution in [1.29, 1.82) is 0 Å². The zero-order valence-electron chi connectivity index (χ0n) is 8.62. The smallest absolute Gasteiger partial charge is 0.0300 e. The topological polar surface area (TPSA) is 24.1 Å². The van der Waals surface area contributed by atoms with E-state index in [9.17, 15) is 0 Å². The average Bonchev–Trinajstić information content (AvgIpc) is 2.82. The molecule has 1 aromatic rings. The highest BCUT2D eigenvalue weighted by molar-refractivity contribution is 7.09. The van der Waals surface area contributed by atoms with Gasteiger partial charge in [-0.15, -0.1) is 11.3 Å². The number of nitrogens with one attached hydrogen (secondary N) is 2. The zero-order chi connectivity index (χ0) is 9.80. The molecule has 3 heteroatoms. The van der Waals surface area contributed by atoms with Gasteiger partial charge in [-0.3, -0.25) is 0 Å². The monoisotopic (exact) mass is 210 g/mol. The third-order valence-corrected chi connectivity index (χ3v) is 3.30. The lowest BCUT2D eigenvalue weighted by molar-refractivity contribution is 0.500. The quantitative estimate of drug-likeness (QED) is 0.750. The summed E-state index contributed by atoms with van der Waals surface area (Å²) in [6, 6.07) is 5.69. The van der Waals surface area contributed by atoms with Crippen molar-refractivity contribution in [3.63, 3.8) is 0 Å². The third kappa shape index (κ3) is 3.40. The first kappa shape index (κ1) is 10.1. The van der Waals surface area contributed by atoms with Gasteiger partial charge in [-0.2, -0.15) is 0 Å². The molecule has 1 heterocycles. The number of hydrogen-bond acceptors (Lipinski definition) is 3. The standard InChI is InChI=1S/C11H18N2S/c1-9(13-10-4-5-10)7-12-8-11-3-2-6-14-11/h2-3,6,9-10,12-13H,4-5,7-8H2,1H3. The molecule has 14 heavy (non-hydrogen) atoms. The van der Waals surface area contributed by atoms with Crippen molar-refractivity contribution in [2.24, 2.45) is 0 Å². The van der Waals surface area contributed by atoms with E-state index in [4.69, 9.17) is 0 Å². The molecular formula is C11H18N2S. The normalized spacial score (nSPS) is 18.4. The third-order valence-electron chi connectivity index (χ3n) is 2.43. The van der Waals surface area contributed by atoms with Crippen molar-refractivity contribution in [1.82, 2.24) is 10.6 Å². The molecule has 1 aliphatic rings. The highest BCUT2D eigenvalue weighted by Crippen LogP contribution is 2.19. The molecule has 2 nitrogen and oxygen atoms in total. The molecular weight excluding hydrogens is 192 g/mol. The largest absolute Gasteiger partial charge is 0.310 e. The number of thiophene rings is 1. The van der Waals surface area contributed by atoms with E-state index in [0.29, 0.717) is 6.04 Å². The second-order valence-corrected chi connectivity index (χ2v) is 5.08. The summed E-state index contributed by atoms with van der Waals surface area (Å²) in [5, 5.41) is 9.17. The number of hydrogen-bond donors (Lipinski definition) is 2. The predicted molar refractivity (Wildman–Crippen MR) is 61.6 cm³/mol.